The van der Waals surface area contributed by atoms with Crippen LogP contribution in [0.1, 0.15) is 13.3 Å². The van der Waals surface area contributed by atoms with E-state index in [0.29, 0.717) is 0 Å². The molecule has 2 unspecified atom stereocenters. The van der Waals surface area contributed by atoms with Crippen molar-refractivity contribution in [1.82, 2.24) is 10.6 Å². The number of carbonyl (C=O) groups is 2. The minimum atomic E-state index is -0.463. The summed E-state index contributed by atoms with van der Waals surface area (Å²) in [6.07, 6.45) is 0.739. The molecule has 20 heavy (non-hydrogen) atoms. The molecule has 1 aliphatic heterocycles. The Labute approximate surface area is 120 Å². The fraction of sp³-hybridized carbons (Fsp3) is 0.385. The average Bonchev–Trinajstić information content (AvgIpc) is 2.38. The SMILES string of the molecule is CC1CC(SCC(=O)Nc2ccccc2F)NC(=O)N1. The van der Waals surface area contributed by atoms with Crippen molar-refractivity contribution < 1.29 is 14.0 Å². The Bertz CT molecular complexity index is 512. The average molecular weight is 297 g/mol. The van der Waals surface area contributed by atoms with E-state index in [4.69, 9.17) is 0 Å². The first-order valence-electron chi connectivity index (χ1n) is 6.27. The molecule has 2 rings (SSSR count). The molecule has 3 amide bonds. The summed E-state index contributed by atoms with van der Waals surface area (Å²) in [6, 6.07) is 5.86. The fourth-order valence-corrected chi connectivity index (χ4v) is 2.93. The number of amides is 3. The third-order valence-corrected chi connectivity index (χ3v) is 3.94. The quantitative estimate of drug-likeness (QED) is 0.795. The number of hydrogen-bond donors (Lipinski definition) is 3. The van der Waals surface area contributed by atoms with Gasteiger partial charge in [0.25, 0.3) is 0 Å². The van der Waals surface area contributed by atoms with E-state index in [1.165, 1.54) is 23.9 Å². The van der Waals surface area contributed by atoms with Crippen LogP contribution in [-0.2, 0) is 4.79 Å². The van der Waals surface area contributed by atoms with Gasteiger partial charge in [-0.25, -0.2) is 9.18 Å². The fourth-order valence-electron chi connectivity index (χ4n) is 1.89. The van der Waals surface area contributed by atoms with E-state index in [9.17, 15) is 14.0 Å². The van der Waals surface area contributed by atoms with Crippen LogP contribution in [0.2, 0.25) is 0 Å². The van der Waals surface area contributed by atoms with Gasteiger partial charge < -0.3 is 16.0 Å². The molecular formula is C13H16FN3O2S. The Balaban J connectivity index is 1.81. The lowest BCUT2D eigenvalue weighted by molar-refractivity contribution is -0.113. The molecule has 1 aliphatic rings. The molecule has 1 aromatic carbocycles. The molecule has 0 aromatic heterocycles. The van der Waals surface area contributed by atoms with Crippen LogP contribution >= 0.6 is 11.8 Å². The lowest BCUT2D eigenvalue weighted by Crippen LogP contribution is -2.52. The summed E-state index contributed by atoms with van der Waals surface area (Å²) in [5.41, 5.74) is 0.167. The standard InChI is InChI=1S/C13H16FN3O2S/c1-8-6-12(17-13(19)15-8)20-7-11(18)16-10-5-3-2-4-9(10)14/h2-5,8,12H,6-7H2,1H3,(H,16,18)(H2,15,17,19). The number of urea groups is 1. The first-order valence-corrected chi connectivity index (χ1v) is 7.32. The molecular weight excluding hydrogens is 281 g/mol. The van der Waals surface area contributed by atoms with Gasteiger partial charge in [0.1, 0.15) is 5.82 Å². The molecule has 1 fully saturated rings. The number of benzene rings is 1. The van der Waals surface area contributed by atoms with Crippen LogP contribution in [0.15, 0.2) is 24.3 Å². The van der Waals surface area contributed by atoms with Gasteiger partial charge in [0.2, 0.25) is 5.91 Å². The molecule has 1 aromatic rings. The number of hydrogen-bond acceptors (Lipinski definition) is 3. The molecule has 7 heteroatoms. The van der Waals surface area contributed by atoms with Crippen molar-refractivity contribution in [1.29, 1.82) is 0 Å². The molecule has 5 nitrogen and oxygen atoms in total. The van der Waals surface area contributed by atoms with E-state index in [-0.39, 0.29) is 34.8 Å². The highest BCUT2D eigenvalue weighted by atomic mass is 32.2. The van der Waals surface area contributed by atoms with Crippen LogP contribution in [0.4, 0.5) is 14.9 Å². The molecule has 0 spiro atoms. The molecule has 3 N–H and O–H groups in total. The van der Waals surface area contributed by atoms with Gasteiger partial charge in [-0.05, 0) is 25.5 Å². The van der Waals surface area contributed by atoms with Crippen molar-refractivity contribution in [2.45, 2.75) is 24.8 Å². The second kappa shape index (κ2) is 6.60. The van der Waals surface area contributed by atoms with Gasteiger partial charge in [-0.2, -0.15) is 0 Å². The van der Waals surface area contributed by atoms with E-state index in [1.54, 1.807) is 12.1 Å². The smallest absolute Gasteiger partial charge is 0.315 e. The van der Waals surface area contributed by atoms with Gasteiger partial charge in [-0.1, -0.05) is 12.1 Å². The summed E-state index contributed by atoms with van der Waals surface area (Å²) < 4.78 is 13.4. The summed E-state index contributed by atoms with van der Waals surface area (Å²) in [4.78, 5) is 23.0. The summed E-state index contributed by atoms with van der Waals surface area (Å²) in [5.74, 6) is -0.596. The topological polar surface area (TPSA) is 70.2 Å². The van der Waals surface area contributed by atoms with Crippen molar-refractivity contribution in [3.05, 3.63) is 30.1 Å². The molecule has 2 atom stereocenters. The lowest BCUT2D eigenvalue weighted by Gasteiger charge is -2.28. The van der Waals surface area contributed by atoms with Gasteiger partial charge in [0, 0.05) is 6.04 Å². The maximum absolute atomic E-state index is 13.4. The Morgan fingerprint density at radius 2 is 2.20 bits per heavy atom. The normalized spacial score (nSPS) is 21.8. The van der Waals surface area contributed by atoms with Crippen LogP contribution in [-0.4, -0.2) is 29.1 Å². The highest BCUT2D eigenvalue weighted by molar-refractivity contribution is 8.00. The maximum Gasteiger partial charge on any atom is 0.315 e. The second-order valence-electron chi connectivity index (χ2n) is 4.58. The van der Waals surface area contributed by atoms with Gasteiger partial charge in [-0.3, -0.25) is 4.79 Å². The third kappa shape index (κ3) is 4.12. The zero-order chi connectivity index (χ0) is 14.5. The van der Waals surface area contributed by atoms with Crippen molar-refractivity contribution in [2.24, 2.45) is 0 Å². The number of carbonyl (C=O) groups excluding carboxylic acids is 2. The summed E-state index contributed by atoms with van der Waals surface area (Å²) in [5, 5.41) is 7.87. The summed E-state index contributed by atoms with van der Waals surface area (Å²) in [7, 11) is 0. The van der Waals surface area contributed by atoms with Crippen molar-refractivity contribution in [3.8, 4) is 0 Å². The lowest BCUT2D eigenvalue weighted by atomic mass is 10.2. The molecule has 0 aliphatic carbocycles. The van der Waals surface area contributed by atoms with Crippen LogP contribution in [0.25, 0.3) is 0 Å². The van der Waals surface area contributed by atoms with E-state index < -0.39 is 5.82 Å². The van der Waals surface area contributed by atoms with E-state index in [2.05, 4.69) is 16.0 Å². The van der Waals surface area contributed by atoms with Crippen molar-refractivity contribution in [3.63, 3.8) is 0 Å². The van der Waals surface area contributed by atoms with E-state index >= 15 is 0 Å². The van der Waals surface area contributed by atoms with Crippen molar-refractivity contribution in [2.75, 3.05) is 11.1 Å². The molecule has 0 radical (unpaired) electrons. The number of thioether (sulfide) groups is 1. The molecule has 1 heterocycles. The highest BCUT2D eigenvalue weighted by Crippen LogP contribution is 2.18. The van der Waals surface area contributed by atoms with Gasteiger partial charge in [0.05, 0.1) is 16.8 Å². The van der Waals surface area contributed by atoms with Crippen LogP contribution in [0.3, 0.4) is 0 Å². The molecule has 0 saturated carbocycles. The minimum Gasteiger partial charge on any atom is -0.336 e. The maximum atomic E-state index is 13.4. The second-order valence-corrected chi connectivity index (χ2v) is 5.77. The van der Waals surface area contributed by atoms with E-state index in [0.717, 1.165) is 6.42 Å². The predicted molar refractivity (Wildman–Crippen MR) is 77.0 cm³/mol. The zero-order valence-electron chi connectivity index (χ0n) is 11.0. The molecule has 1 saturated heterocycles. The summed E-state index contributed by atoms with van der Waals surface area (Å²) >= 11 is 1.33. The Kier molecular flexibility index (Phi) is 4.84. The third-order valence-electron chi connectivity index (χ3n) is 2.80. The predicted octanol–water partition coefficient (Wildman–Crippen LogP) is 1.91. The van der Waals surface area contributed by atoms with Crippen LogP contribution < -0.4 is 16.0 Å². The monoisotopic (exact) mass is 297 g/mol. The Morgan fingerprint density at radius 1 is 1.45 bits per heavy atom. The molecule has 108 valence electrons. The number of para-hydroxylation sites is 1. The highest BCUT2D eigenvalue weighted by Gasteiger charge is 2.23. The van der Waals surface area contributed by atoms with Gasteiger partial charge in [-0.15, -0.1) is 11.8 Å². The first kappa shape index (κ1) is 14.6. The van der Waals surface area contributed by atoms with Gasteiger partial charge in [0.15, 0.2) is 0 Å². The van der Waals surface area contributed by atoms with Crippen LogP contribution in [0, 0.1) is 5.82 Å². The number of halogens is 1. The molecule has 0 bridgehead atoms. The number of nitrogens with one attached hydrogen (secondary N) is 3. The first-order chi connectivity index (χ1) is 9.54. The van der Waals surface area contributed by atoms with E-state index in [1.807, 2.05) is 6.92 Å². The van der Waals surface area contributed by atoms with Crippen molar-refractivity contribution >= 4 is 29.4 Å². The zero-order valence-corrected chi connectivity index (χ0v) is 11.8. The van der Waals surface area contributed by atoms with Gasteiger partial charge >= 0.3 is 6.03 Å². The Hall–Kier alpha value is -1.76. The minimum absolute atomic E-state index is 0.0795. The largest absolute Gasteiger partial charge is 0.336 e. The summed E-state index contributed by atoms with van der Waals surface area (Å²) in [6.45, 7) is 1.91. The number of anilines is 1. The number of rotatable bonds is 4. The Morgan fingerprint density at radius 3 is 2.90 bits per heavy atom. The van der Waals surface area contributed by atoms with Crippen LogP contribution in [0.5, 0.6) is 0 Å².